The average Bonchev–Trinajstić information content (AvgIpc) is 2.74. The highest BCUT2D eigenvalue weighted by Gasteiger charge is 2.27. The molecule has 1 aliphatic heterocycles. The Morgan fingerprint density at radius 2 is 1.64 bits per heavy atom. The molecule has 1 saturated heterocycles. The highest BCUT2D eigenvalue weighted by molar-refractivity contribution is 7.89. The molecule has 3 rings (SSSR count). The molecule has 0 atom stereocenters. The topological polar surface area (TPSA) is 84.9 Å². The number of amides is 1. The quantitative estimate of drug-likeness (QED) is 0.800. The van der Waals surface area contributed by atoms with Gasteiger partial charge in [-0.25, -0.2) is 8.42 Å². The number of nitrogens with zero attached hydrogens (tertiary/aromatic N) is 1. The molecule has 8 heteroatoms. The predicted molar refractivity (Wildman–Crippen MR) is 107 cm³/mol. The number of para-hydroxylation sites is 2. The number of hydrogen-bond acceptors (Lipinski definition) is 5. The molecular weight excluding hydrogens is 380 g/mol. The Hall–Kier alpha value is -2.58. The summed E-state index contributed by atoms with van der Waals surface area (Å²) < 4.78 is 37.9. The SMILES string of the molecule is COc1ccccc1NC(=O)c1cc(S(=O)(=O)N2CCCCC2)ccc1OC. The monoisotopic (exact) mass is 404 g/mol. The first kappa shape index (κ1) is 20.2. The molecule has 0 bridgehead atoms. The molecule has 1 amide bonds. The van der Waals surface area contributed by atoms with Crippen molar-refractivity contribution in [2.24, 2.45) is 0 Å². The van der Waals surface area contributed by atoms with Crippen LogP contribution in [0.2, 0.25) is 0 Å². The summed E-state index contributed by atoms with van der Waals surface area (Å²) in [6.07, 6.45) is 2.72. The standard InChI is InChI=1S/C20H24N2O5S/c1-26-18-11-10-15(28(24,25)22-12-6-3-7-13-22)14-16(18)20(23)21-17-8-4-5-9-19(17)27-2/h4-5,8-11,14H,3,6-7,12-13H2,1-2H3,(H,21,23). The van der Waals surface area contributed by atoms with E-state index in [2.05, 4.69) is 5.32 Å². The second-order valence-corrected chi connectivity index (χ2v) is 8.42. The maximum absolute atomic E-state index is 13.0. The van der Waals surface area contributed by atoms with Gasteiger partial charge in [-0.1, -0.05) is 18.6 Å². The summed E-state index contributed by atoms with van der Waals surface area (Å²) in [5.41, 5.74) is 0.632. The van der Waals surface area contributed by atoms with Crippen LogP contribution in [0.4, 0.5) is 5.69 Å². The van der Waals surface area contributed by atoms with Crippen molar-refractivity contribution in [1.29, 1.82) is 0 Å². The first-order chi connectivity index (χ1) is 13.5. The molecule has 150 valence electrons. The summed E-state index contributed by atoms with van der Waals surface area (Å²) in [6, 6.07) is 11.3. The molecule has 1 N–H and O–H groups in total. The van der Waals surface area contributed by atoms with E-state index in [1.54, 1.807) is 24.3 Å². The number of methoxy groups -OCH3 is 2. The fourth-order valence-corrected chi connectivity index (χ4v) is 4.76. The summed E-state index contributed by atoms with van der Waals surface area (Å²) >= 11 is 0. The molecule has 1 fully saturated rings. The fourth-order valence-electron chi connectivity index (χ4n) is 3.22. The van der Waals surface area contributed by atoms with Gasteiger partial charge >= 0.3 is 0 Å². The number of sulfonamides is 1. The van der Waals surface area contributed by atoms with Crippen LogP contribution in [0.3, 0.4) is 0 Å². The second-order valence-electron chi connectivity index (χ2n) is 6.48. The molecule has 0 aliphatic carbocycles. The Balaban J connectivity index is 1.93. The molecule has 0 radical (unpaired) electrons. The maximum atomic E-state index is 13.0. The summed E-state index contributed by atoms with van der Waals surface area (Å²) in [5, 5.41) is 2.76. The van der Waals surface area contributed by atoms with E-state index >= 15 is 0 Å². The van der Waals surface area contributed by atoms with Crippen molar-refractivity contribution in [3.63, 3.8) is 0 Å². The first-order valence-electron chi connectivity index (χ1n) is 9.10. The number of ether oxygens (including phenoxy) is 2. The van der Waals surface area contributed by atoms with Crippen molar-refractivity contribution in [2.45, 2.75) is 24.2 Å². The van der Waals surface area contributed by atoms with Gasteiger partial charge in [0.05, 0.1) is 30.4 Å². The highest BCUT2D eigenvalue weighted by Crippen LogP contribution is 2.29. The van der Waals surface area contributed by atoms with Crippen molar-refractivity contribution in [3.05, 3.63) is 48.0 Å². The number of anilines is 1. The molecule has 0 unspecified atom stereocenters. The summed E-state index contributed by atoms with van der Waals surface area (Å²) in [7, 11) is -0.706. The zero-order valence-corrected chi connectivity index (χ0v) is 16.8. The number of hydrogen-bond donors (Lipinski definition) is 1. The molecule has 1 heterocycles. The molecule has 0 aromatic heterocycles. The Bertz CT molecular complexity index is 953. The van der Waals surface area contributed by atoms with E-state index in [0.717, 1.165) is 19.3 Å². The normalized spacial score (nSPS) is 15.1. The minimum absolute atomic E-state index is 0.0837. The van der Waals surface area contributed by atoms with Crippen molar-refractivity contribution in [1.82, 2.24) is 4.31 Å². The van der Waals surface area contributed by atoms with Crippen molar-refractivity contribution in [2.75, 3.05) is 32.6 Å². The van der Waals surface area contributed by atoms with Gasteiger partial charge < -0.3 is 14.8 Å². The van der Waals surface area contributed by atoms with Crippen molar-refractivity contribution >= 4 is 21.6 Å². The molecule has 7 nitrogen and oxygen atoms in total. The first-order valence-corrected chi connectivity index (χ1v) is 10.5. The number of rotatable bonds is 6. The Kier molecular flexibility index (Phi) is 6.21. The van der Waals surface area contributed by atoms with Gasteiger partial charge in [-0.2, -0.15) is 4.31 Å². The summed E-state index contributed by atoms with van der Waals surface area (Å²) in [6.45, 7) is 0.994. The van der Waals surface area contributed by atoms with Gasteiger partial charge in [0.1, 0.15) is 11.5 Å². The molecule has 2 aromatic rings. The molecule has 28 heavy (non-hydrogen) atoms. The number of carbonyl (C=O) groups is 1. The average molecular weight is 404 g/mol. The number of piperidine rings is 1. The van der Waals surface area contributed by atoms with Crippen molar-refractivity contribution in [3.8, 4) is 11.5 Å². The maximum Gasteiger partial charge on any atom is 0.259 e. The van der Waals surface area contributed by atoms with Gasteiger partial charge in [-0.3, -0.25) is 4.79 Å². The van der Waals surface area contributed by atoms with Gasteiger partial charge in [0, 0.05) is 13.1 Å². The molecular formula is C20H24N2O5S. The molecule has 0 saturated carbocycles. The lowest BCUT2D eigenvalue weighted by Crippen LogP contribution is -2.35. The van der Waals surface area contributed by atoms with Crippen LogP contribution in [0, 0.1) is 0 Å². The highest BCUT2D eigenvalue weighted by atomic mass is 32.2. The van der Waals surface area contributed by atoms with Gasteiger partial charge in [0.2, 0.25) is 10.0 Å². The third kappa shape index (κ3) is 4.13. The molecule has 0 spiro atoms. The largest absolute Gasteiger partial charge is 0.496 e. The van der Waals surface area contributed by atoms with Crippen LogP contribution in [0.25, 0.3) is 0 Å². The molecule has 2 aromatic carbocycles. The van der Waals surface area contributed by atoms with E-state index in [1.807, 2.05) is 0 Å². The lowest BCUT2D eigenvalue weighted by molar-refractivity contribution is 0.102. The van der Waals surface area contributed by atoms with E-state index < -0.39 is 15.9 Å². The van der Waals surface area contributed by atoms with Crippen molar-refractivity contribution < 1.29 is 22.7 Å². The number of carbonyl (C=O) groups excluding carboxylic acids is 1. The third-order valence-electron chi connectivity index (χ3n) is 4.72. The zero-order chi connectivity index (χ0) is 20.1. The van der Waals surface area contributed by atoms with E-state index in [9.17, 15) is 13.2 Å². The van der Waals surface area contributed by atoms with Gasteiger partial charge in [0.15, 0.2) is 0 Å². The van der Waals surface area contributed by atoms with Crippen LogP contribution in [-0.2, 0) is 10.0 Å². The van der Waals surface area contributed by atoms with Gasteiger partial charge in [0.25, 0.3) is 5.91 Å². The lowest BCUT2D eigenvalue weighted by Gasteiger charge is -2.26. The van der Waals surface area contributed by atoms with Crippen LogP contribution >= 0.6 is 0 Å². The number of benzene rings is 2. The smallest absolute Gasteiger partial charge is 0.259 e. The van der Waals surface area contributed by atoms with Crippen LogP contribution in [0.5, 0.6) is 11.5 Å². The van der Waals surface area contributed by atoms with Gasteiger partial charge in [-0.05, 0) is 43.2 Å². The second kappa shape index (κ2) is 8.62. The Morgan fingerprint density at radius 1 is 0.964 bits per heavy atom. The zero-order valence-electron chi connectivity index (χ0n) is 16.0. The minimum Gasteiger partial charge on any atom is -0.496 e. The fraction of sp³-hybridized carbons (Fsp3) is 0.350. The Morgan fingerprint density at radius 3 is 2.32 bits per heavy atom. The van der Waals surface area contributed by atoms with E-state index in [4.69, 9.17) is 9.47 Å². The van der Waals surface area contributed by atoms with E-state index in [0.29, 0.717) is 30.3 Å². The van der Waals surface area contributed by atoms with Crippen LogP contribution in [-0.4, -0.2) is 45.9 Å². The third-order valence-corrected chi connectivity index (χ3v) is 6.62. The van der Waals surface area contributed by atoms with E-state index in [-0.39, 0.29) is 10.5 Å². The lowest BCUT2D eigenvalue weighted by atomic mass is 10.1. The van der Waals surface area contributed by atoms with Crippen LogP contribution < -0.4 is 14.8 Å². The number of nitrogens with one attached hydrogen (secondary N) is 1. The minimum atomic E-state index is -3.66. The summed E-state index contributed by atoms with van der Waals surface area (Å²) in [5.74, 6) is 0.328. The summed E-state index contributed by atoms with van der Waals surface area (Å²) in [4.78, 5) is 12.9. The molecule has 1 aliphatic rings. The van der Waals surface area contributed by atoms with Crippen LogP contribution in [0.15, 0.2) is 47.4 Å². The predicted octanol–water partition coefficient (Wildman–Crippen LogP) is 3.13. The Labute approximate surface area is 165 Å². The van der Waals surface area contributed by atoms with E-state index in [1.165, 1.54) is 36.7 Å². The van der Waals surface area contributed by atoms with Gasteiger partial charge in [-0.15, -0.1) is 0 Å². The van der Waals surface area contributed by atoms with Crippen LogP contribution in [0.1, 0.15) is 29.6 Å².